The number of hydrogen-bond acceptors (Lipinski definition) is 6. The lowest BCUT2D eigenvalue weighted by atomic mass is 10.4. The van der Waals surface area contributed by atoms with E-state index in [4.69, 9.17) is 25.8 Å². The highest BCUT2D eigenvalue weighted by molar-refractivity contribution is 5.91. The zero-order chi connectivity index (χ0) is 19.1. The topological polar surface area (TPSA) is 167 Å². The molecular formula is C15H22N4O6. The van der Waals surface area contributed by atoms with Gasteiger partial charge < -0.3 is 31.1 Å². The molecule has 6 N–H and O–H groups in total. The van der Waals surface area contributed by atoms with Crippen molar-refractivity contribution in [3.05, 3.63) is 30.4 Å². The van der Waals surface area contributed by atoms with Crippen LogP contribution in [0, 0.1) is 0 Å². The second-order valence-electron chi connectivity index (χ2n) is 4.28. The van der Waals surface area contributed by atoms with Crippen LogP contribution in [0.4, 0.5) is 5.82 Å². The van der Waals surface area contributed by atoms with Gasteiger partial charge in [-0.2, -0.15) is 4.98 Å². The maximum absolute atomic E-state index is 9.55. The van der Waals surface area contributed by atoms with Gasteiger partial charge in [-0.05, 0) is 13.0 Å². The number of nitrogens with zero attached hydrogens (tertiary/aromatic N) is 2. The van der Waals surface area contributed by atoms with E-state index in [9.17, 15) is 9.59 Å². The first-order valence-corrected chi connectivity index (χ1v) is 7.30. The average molecular weight is 354 g/mol. The number of carboxylic acid groups (broad SMARTS) is 2. The van der Waals surface area contributed by atoms with Gasteiger partial charge in [-0.25, -0.2) is 9.59 Å². The SMILES string of the molecule is CCN=C(N)Nc1cccc(OCCCO)n1.O=C(O)C=CC(=O)O. The molecule has 10 heteroatoms. The Morgan fingerprint density at radius 1 is 1.32 bits per heavy atom. The minimum Gasteiger partial charge on any atom is -0.478 e. The van der Waals surface area contributed by atoms with Gasteiger partial charge in [0, 0.05) is 37.8 Å². The molecule has 0 atom stereocenters. The number of aliphatic hydroxyl groups excluding tert-OH is 1. The Balaban J connectivity index is 0.000000609. The first-order valence-electron chi connectivity index (χ1n) is 7.30. The van der Waals surface area contributed by atoms with Crippen LogP contribution in [0.1, 0.15) is 13.3 Å². The van der Waals surface area contributed by atoms with E-state index in [1.807, 2.05) is 13.0 Å². The lowest BCUT2D eigenvalue weighted by molar-refractivity contribution is -0.134. The van der Waals surface area contributed by atoms with Crippen LogP contribution in [-0.4, -0.2) is 58.0 Å². The second kappa shape index (κ2) is 13.3. The normalized spacial score (nSPS) is 10.7. The molecule has 0 saturated heterocycles. The predicted octanol–water partition coefficient (Wildman–Crippen LogP) is 0.301. The molecule has 0 aromatic carbocycles. The number of rotatable bonds is 8. The van der Waals surface area contributed by atoms with Crippen LogP contribution in [0.25, 0.3) is 0 Å². The van der Waals surface area contributed by atoms with Gasteiger partial charge in [0.1, 0.15) is 5.82 Å². The summed E-state index contributed by atoms with van der Waals surface area (Å²) >= 11 is 0. The Morgan fingerprint density at radius 3 is 2.48 bits per heavy atom. The maximum atomic E-state index is 9.55. The summed E-state index contributed by atoms with van der Waals surface area (Å²) in [5.74, 6) is -1.11. The Morgan fingerprint density at radius 2 is 1.96 bits per heavy atom. The van der Waals surface area contributed by atoms with Crippen molar-refractivity contribution in [2.75, 3.05) is 25.1 Å². The van der Waals surface area contributed by atoms with Crippen LogP contribution in [0.5, 0.6) is 5.88 Å². The van der Waals surface area contributed by atoms with Crippen molar-refractivity contribution in [1.82, 2.24) is 4.98 Å². The summed E-state index contributed by atoms with van der Waals surface area (Å²) in [7, 11) is 0. The Kier molecular flexibility index (Phi) is 11.6. The molecular weight excluding hydrogens is 332 g/mol. The monoisotopic (exact) mass is 354 g/mol. The lowest BCUT2D eigenvalue weighted by Crippen LogP contribution is -2.23. The molecule has 0 saturated carbocycles. The number of nitrogens with one attached hydrogen (secondary N) is 1. The van der Waals surface area contributed by atoms with Crippen molar-refractivity contribution in [2.45, 2.75) is 13.3 Å². The minimum atomic E-state index is -1.26. The van der Waals surface area contributed by atoms with Crippen LogP contribution in [0.15, 0.2) is 35.3 Å². The number of ether oxygens (including phenoxy) is 1. The van der Waals surface area contributed by atoms with Crippen LogP contribution in [-0.2, 0) is 9.59 Å². The van der Waals surface area contributed by atoms with E-state index in [1.54, 1.807) is 12.1 Å². The molecule has 0 aliphatic rings. The third-order valence-corrected chi connectivity index (χ3v) is 2.23. The average Bonchev–Trinajstić information content (AvgIpc) is 2.54. The van der Waals surface area contributed by atoms with Crippen LogP contribution < -0.4 is 15.8 Å². The van der Waals surface area contributed by atoms with E-state index in [-0.39, 0.29) is 6.61 Å². The first-order chi connectivity index (χ1) is 11.9. The van der Waals surface area contributed by atoms with Gasteiger partial charge in [-0.15, -0.1) is 0 Å². The molecule has 0 bridgehead atoms. The number of aromatic nitrogens is 1. The molecule has 25 heavy (non-hydrogen) atoms. The molecule has 0 aliphatic carbocycles. The molecule has 0 radical (unpaired) electrons. The number of hydrogen-bond donors (Lipinski definition) is 5. The number of aliphatic carboxylic acids is 2. The quantitative estimate of drug-likeness (QED) is 0.191. The fourth-order valence-electron chi connectivity index (χ4n) is 1.29. The number of guanidine groups is 1. The van der Waals surface area contributed by atoms with Crippen molar-refractivity contribution in [1.29, 1.82) is 0 Å². The summed E-state index contributed by atoms with van der Waals surface area (Å²) in [6.07, 6.45) is 1.70. The van der Waals surface area contributed by atoms with E-state index in [0.717, 1.165) is 0 Å². The second-order valence-corrected chi connectivity index (χ2v) is 4.28. The third kappa shape index (κ3) is 13.0. The summed E-state index contributed by atoms with van der Waals surface area (Å²) < 4.78 is 5.34. The Hall–Kier alpha value is -3.14. The molecule has 1 aromatic rings. The molecule has 0 unspecified atom stereocenters. The maximum Gasteiger partial charge on any atom is 0.328 e. The number of anilines is 1. The molecule has 0 fully saturated rings. The van der Waals surface area contributed by atoms with Gasteiger partial charge in [0.2, 0.25) is 5.88 Å². The highest BCUT2D eigenvalue weighted by atomic mass is 16.5. The van der Waals surface area contributed by atoms with Crippen LogP contribution >= 0.6 is 0 Å². The minimum absolute atomic E-state index is 0.105. The number of carboxylic acids is 2. The van der Waals surface area contributed by atoms with Gasteiger partial charge in [-0.1, -0.05) is 6.07 Å². The number of pyridine rings is 1. The van der Waals surface area contributed by atoms with Crippen LogP contribution in [0.3, 0.4) is 0 Å². The molecule has 1 heterocycles. The van der Waals surface area contributed by atoms with Crippen molar-refractivity contribution < 1.29 is 29.6 Å². The predicted molar refractivity (Wildman–Crippen MR) is 91.6 cm³/mol. The fraction of sp³-hybridized carbons (Fsp3) is 0.333. The fourth-order valence-corrected chi connectivity index (χ4v) is 1.29. The van der Waals surface area contributed by atoms with E-state index < -0.39 is 11.9 Å². The number of nitrogens with two attached hydrogens (primary N) is 1. The van der Waals surface area contributed by atoms with Gasteiger partial charge >= 0.3 is 11.9 Å². The van der Waals surface area contributed by atoms with E-state index in [1.165, 1.54) is 0 Å². The highest BCUT2D eigenvalue weighted by Gasteiger charge is 1.99. The summed E-state index contributed by atoms with van der Waals surface area (Å²) in [5, 5.41) is 27.1. The van der Waals surface area contributed by atoms with Crippen LogP contribution in [0.2, 0.25) is 0 Å². The number of aliphatic hydroxyl groups is 1. The van der Waals surface area contributed by atoms with Gasteiger partial charge in [-0.3, -0.25) is 4.99 Å². The molecule has 0 amide bonds. The molecule has 0 spiro atoms. The smallest absolute Gasteiger partial charge is 0.328 e. The van der Waals surface area contributed by atoms with E-state index in [0.29, 0.717) is 49.4 Å². The third-order valence-electron chi connectivity index (χ3n) is 2.23. The molecule has 1 aromatic heterocycles. The zero-order valence-corrected chi connectivity index (χ0v) is 13.8. The summed E-state index contributed by atoms with van der Waals surface area (Å²) in [4.78, 5) is 27.3. The molecule has 1 rings (SSSR count). The van der Waals surface area contributed by atoms with Crippen molar-refractivity contribution >= 4 is 23.7 Å². The number of aliphatic imine (C=N–C) groups is 1. The van der Waals surface area contributed by atoms with Gasteiger partial charge in [0.05, 0.1) is 6.61 Å². The highest BCUT2D eigenvalue weighted by Crippen LogP contribution is 2.11. The van der Waals surface area contributed by atoms with Crippen molar-refractivity contribution in [2.24, 2.45) is 10.7 Å². The zero-order valence-electron chi connectivity index (χ0n) is 13.8. The summed E-state index contributed by atoms with van der Waals surface area (Å²) in [5.41, 5.74) is 5.61. The van der Waals surface area contributed by atoms with E-state index >= 15 is 0 Å². The molecule has 0 aliphatic heterocycles. The molecule has 138 valence electrons. The molecule has 10 nitrogen and oxygen atoms in total. The van der Waals surface area contributed by atoms with Crippen molar-refractivity contribution in [3.63, 3.8) is 0 Å². The lowest BCUT2D eigenvalue weighted by Gasteiger charge is -2.07. The van der Waals surface area contributed by atoms with Crippen molar-refractivity contribution in [3.8, 4) is 5.88 Å². The Bertz CT molecular complexity index is 587. The Labute approximate surface area is 144 Å². The summed E-state index contributed by atoms with van der Waals surface area (Å²) in [6.45, 7) is 3.06. The standard InChI is InChI=1S/C11H18N4O2.C4H4O4/c1-2-13-11(12)15-9-5-3-6-10(14-9)17-8-4-7-16;5-3(6)1-2-4(7)8/h3,5-6,16H,2,4,7-8H2,1H3,(H3,12,13,14,15);1-2H,(H,5,6)(H,7,8). The first kappa shape index (κ1) is 21.9. The van der Waals surface area contributed by atoms with Gasteiger partial charge in [0.25, 0.3) is 0 Å². The number of carbonyl (C=O) groups is 2. The summed E-state index contributed by atoms with van der Waals surface area (Å²) in [6, 6.07) is 5.33. The largest absolute Gasteiger partial charge is 0.478 e. The van der Waals surface area contributed by atoms with E-state index in [2.05, 4.69) is 15.3 Å². The van der Waals surface area contributed by atoms with Gasteiger partial charge in [0.15, 0.2) is 5.96 Å².